The molecular weight excluding hydrogens is 402 g/mol. The Balaban J connectivity index is 1.41. The summed E-state index contributed by atoms with van der Waals surface area (Å²) in [5, 5.41) is 9.64. The van der Waals surface area contributed by atoms with E-state index < -0.39 is 0 Å². The topological polar surface area (TPSA) is 100 Å². The van der Waals surface area contributed by atoms with Gasteiger partial charge < -0.3 is 9.88 Å². The maximum absolute atomic E-state index is 12.5. The number of amides is 3. The zero-order chi connectivity index (χ0) is 21.3. The number of benzene rings is 2. The lowest BCUT2D eigenvalue weighted by Crippen LogP contribution is -2.29. The third-order valence-electron chi connectivity index (χ3n) is 5.00. The van der Waals surface area contributed by atoms with Crippen molar-refractivity contribution >= 4 is 29.9 Å². The number of carbonyl (C=O) groups is 3. The molecule has 0 radical (unpaired) electrons. The summed E-state index contributed by atoms with van der Waals surface area (Å²) in [5.41, 5.74) is 2.07. The Kier molecular flexibility index (Phi) is 5.28. The summed E-state index contributed by atoms with van der Waals surface area (Å²) >= 11 is 5.14. The maximum atomic E-state index is 12.5. The second-order valence-corrected chi connectivity index (χ2v) is 7.20. The number of carbonyl (C=O) groups excluding carboxylic acids is 3. The standard InChI is InChI=1S/C21H19N5O3S/c1-2-25-17(23-24-21(25)30)11-22-18(27)14-9-7-13(8-10-14)12-26-19(28)15-5-3-4-6-16(15)20(26)29/h3-10H,2,11-12H2,1H3,(H,22,27)(H,24,30). The molecule has 4 rings (SSSR count). The Hall–Kier alpha value is -3.59. The molecule has 9 heteroatoms. The number of aromatic nitrogens is 3. The van der Waals surface area contributed by atoms with Crippen LogP contribution in [0.5, 0.6) is 0 Å². The normalized spacial score (nSPS) is 12.9. The highest BCUT2D eigenvalue weighted by Crippen LogP contribution is 2.24. The maximum Gasteiger partial charge on any atom is 0.261 e. The molecule has 3 amide bonds. The summed E-state index contributed by atoms with van der Waals surface area (Å²) < 4.78 is 2.32. The Bertz CT molecular complexity index is 1160. The average molecular weight is 421 g/mol. The fraction of sp³-hybridized carbons (Fsp3) is 0.190. The Morgan fingerprint density at radius 1 is 1.07 bits per heavy atom. The largest absolute Gasteiger partial charge is 0.345 e. The van der Waals surface area contributed by atoms with Crippen LogP contribution in [0, 0.1) is 4.77 Å². The summed E-state index contributed by atoms with van der Waals surface area (Å²) in [6, 6.07) is 13.6. The third kappa shape index (κ3) is 3.55. The molecule has 8 nitrogen and oxygen atoms in total. The molecule has 3 aromatic rings. The van der Waals surface area contributed by atoms with E-state index in [4.69, 9.17) is 12.2 Å². The van der Waals surface area contributed by atoms with Crippen molar-refractivity contribution in [3.63, 3.8) is 0 Å². The molecule has 30 heavy (non-hydrogen) atoms. The molecule has 1 aliphatic rings. The molecule has 0 atom stereocenters. The van der Waals surface area contributed by atoms with Gasteiger partial charge in [0.25, 0.3) is 17.7 Å². The number of H-pyrrole nitrogens is 1. The number of nitrogens with zero attached hydrogens (tertiary/aromatic N) is 3. The molecule has 2 heterocycles. The molecule has 152 valence electrons. The van der Waals surface area contributed by atoms with E-state index >= 15 is 0 Å². The van der Waals surface area contributed by atoms with Gasteiger partial charge in [-0.15, -0.1) is 0 Å². The highest BCUT2D eigenvalue weighted by molar-refractivity contribution is 7.71. The van der Waals surface area contributed by atoms with Crippen molar-refractivity contribution in [3.8, 4) is 0 Å². The number of fused-ring (bicyclic) bond motifs is 1. The first-order valence-electron chi connectivity index (χ1n) is 9.46. The first-order chi connectivity index (χ1) is 14.5. The summed E-state index contributed by atoms with van der Waals surface area (Å²) in [6.07, 6.45) is 0. The van der Waals surface area contributed by atoms with Gasteiger partial charge in [-0.05, 0) is 49.0 Å². The lowest BCUT2D eigenvalue weighted by atomic mass is 10.1. The number of nitrogens with one attached hydrogen (secondary N) is 2. The predicted molar refractivity (Wildman–Crippen MR) is 111 cm³/mol. The Morgan fingerprint density at radius 2 is 1.70 bits per heavy atom. The quantitative estimate of drug-likeness (QED) is 0.471. The fourth-order valence-electron chi connectivity index (χ4n) is 3.40. The van der Waals surface area contributed by atoms with Crippen molar-refractivity contribution in [3.05, 3.63) is 81.4 Å². The van der Waals surface area contributed by atoms with Crippen LogP contribution >= 0.6 is 12.2 Å². The summed E-state index contributed by atoms with van der Waals surface area (Å²) in [4.78, 5) is 38.6. The number of hydrogen-bond donors (Lipinski definition) is 2. The minimum absolute atomic E-state index is 0.152. The van der Waals surface area contributed by atoms with E-state index in [0.717, 1.165) is 5.56 Å². The molecule has 0 spiro atoms. The monoisotopic (exact) mass is 421 g/mol. The fourth-order valence-corrected chi connectivity index (χ4v) is 3.68. The van der Waals surface area contributed by atoms with Crippen LogP contribution in [0.15, 0.2) is 48.5 Å². The van der Waals surface area contributed by atoms with E-state index in [-0.39, 0.29) is 30.8 Å². The zero-order valence-electron chi connectivity index (χ0n) is 16.2. The molecular formula is C21H19N5O3S. The van der Waals surface area contributed by atoms with E-state index in [0.29, 0.717) is 33.8 Å². The van der Waals surface area contributed by atoms with Crippen LogP contribution in [-0.4, -0.2) is 37.4 Å². The van der Waals surface area contributed by atoms with Crippen molar-refractivity contribution in [1.82, 2.24) is 25.0 Å². The van der Waals surface area contributed by atoms with E-state index in [9.17, 15) is 14.4 Å². The lowest BCUT2D eigenvalue weighted by molar-refractivity contribution is 0.0641. The van der Waals surface area contributed by atoms with Crippen LogP contribution in [0.25, 0.3) is 0 Å². The Morgan fingerprint density at radius 3 is 2.30 bits per heavy atom. The summed E-state index contributed by atoms with van der Waals surface area (Å²) in [5.74, 6) is -0.208. The molecule has 0 unspecified atom stereocenters. The predicted octanol–water partition coefficient (Wildman–Crippen LogP) is 2.69. The number of imide groups is 1. The van der Waals surface area contributed by atoms with Crippen molar-refractivity contribution in [2.75, 3.05) is 0 Å². The highest BCUT2D eigenvalue weighted by atomic mass is 32.1. The molecule has 0 bridgehead atoms. The molecule has 0 aliphatic carbocycles. The second-order valence-electron chi connectivity index (χ2n) is 6.81. The minimum atomic E-state index is -0.304. The van der Waals surface area contributed by atoms with Crippen LogP contribution in [0.4, 0.5) is 0 Å². The number of hydrogen-bond acceptors (Lipinski definition) is 5. The van der Waals surface area contributed by atoms with E-state index in [1.807, 2.05) is 6.92 Å². The van der Waals surface area contributed by atoms with Crippen LogP contribution in [0.3, 0.4) is 0 Å². The van der Waals surface area contributed by atoms with Crippen LogP contribution < -0.4 is 5.32 Å². The van der Waals surface area contributed by atoms with Gasteiger partial charge >= 0.3 is 0 Å². The smallest absolute Gasteiger partial charge is 0.261 e. The van der Waals surface area contributed by atoms with Gasteiger partial charge in [-0.2, -0.15) is 5.10 Å². The summed E-state index contributed by atoms with van der Waals surface area (Å²) in [6.45, 7) is 3.01. The van der Waals surface area contributed by atoms with Gasteiger partial charge in [0.15, 0.2) is 10.6 Å². The Labute approximate surface area is 177 Å². The molecule has 0 saturated carbocycles. The molecule has 2 N–H and O–H groups in total. The second kappa shape index (κ2) is 8.03. The van der Waals surface area contributed by atoms with Crippen molar-refractivity contribution in [2.45, 2.75) is 26.6 Å². The molecule has 1 aromatic heterocycles. The van der Waals surface area contributed by atoms with Crippen molar-refractivity contribution in [1.29, 1.82) is 0 Å². The van der Waals surface area contributed by atoms with E-state index in [1.54, 1.807) is 53.1 Å². The summed E-state index contributed by atoms with van der Waals surface area (Å²) in [7, 11) is 0. The minimum Gasteiger partial charge on any atom is -0.345 e. The van der Waals surface area contributed by atoms with Gasteiger partial charge in [0, 0.05) is 12.1 Å². The van der Waals surface area contributed by atoms with Crippen molar-refractivity contribution in [2.24, 2.45) is 0 Å². The molecule has 1 aliphatic heterocycles. The molecule has 0 saturated heterocycles. The third-order valence-corrected chi connectivity index (χ3v) is 5.31. The lowest BCUT2D eigenvalue weighted by Gasteiger charge is -2.14. The van der Waals surface area contributed by atoms with Crippen LogP contribution in [0.2, 0.25) is 0 Å². The molecule has 2 aromatic carbocycles. The molecule has 0 fully saturated rings. The van der Waals surface area contributed by atoms with E-state index in [2.05, 4.69) is 15.5 Å². The van der Waals surface area contributed by atoms with Crippen LogP contribution in [-0.2, 0) is 19.6 Å². The van der Waals surface area contributed by atoms with Gasteiger partial charge in [0.2, 0.25) is 0 Å². The van der Waals surface area contributed by atoms with E-state index in [1.165, 1.54) is 4.90 Å². The van der Waals surface area contributed by atoms with Crippen molar-refractivity contribution < 1.29 is 14.4 Å². The van der Waals surface area contributed by atoms with Gasteiger partial charge in [0.05, 0.1) is 24.2 Å². The van der Waals surface area contributed by atoms with Gasteiger partial charge in [-0.25, -0.2) is 0 Å². The highest BCUT2D eigenvalue weighted by Gasteiger charge is 2.34. The van der Waals surface area contributed by atoms with Gasteiger partial charge in [-0.1, -0.05) is 24.3 Å². The van der Waals surface area contributed by atoms with Crippen LogP contribution in [0.1, 0.15) is 49.4 Å². The first kappa shape index (κ1) is 19.7. The average Bonchev–Trinajstić information content (AvgIpc) is 3.24. The zero-order valence-corrected chi connectivity index (χ0v) is 17.0. The first-order valence-corrected chi connectivity index (χ1v) is 9.87. The van der Waals surface area contributed by atoms with Gasteiger partial charge in [0.1, 0.15) is 0 Å². The SMILES string of the molecule is CCn1c(CNC(=O)c2ccc(CN3C(=O)c4ccccc4C3=O)cc2)n[nH]c1=S. The number of rotatable bonds is 6. The number of aromatic amines is 1. The van der Waals surface area contributed by atoms with Gasteiger partial charge in [-0.3, -0.25) is 24.4 Å².